The highest BCUT2D eigenvalue weighted by molar-refractivity contribution is 5.89. The number of hydroxylamine groups is 2. The van der Waals surface area contributed by atoms with Crippen LogP contribution in [0.25, 0.3) is 0 Å². The van der Waals surface area contributed by atoms with E-state index in [-0.39, 0.29) is 17.5 Å². The lowest BCUT2D eigenvalue weighted by Crippen LogP contribution is -2.39. The van der Waals surface area contributed by atoms with E-state index in [0.717, 1.165) is 0 Å². The summed E-state index contributed by atoms with van der Waals surface area (Å²) >= 11 is 0. The summed E-state index contributed by atoms with van der Waals surface area (Å²) in [6.07, 6.45) is 1.43. The van der Waals surface area contributed by atoms with Crippen LogP contribution in [0.15, 0.2) is 30.3 Å². The van der Waals surface area contributed by atoms with E-state index in [9.17, 15) is 4.79 Å². The van der Waals surface area contributed by atoms with Gasteiger partial charge in [0, 0.05) is 25.4 Å². The van der Waals surface area contributed by atoms with Gasteiger partial charge in [0.1, 0.15) is 0 Å². The lowest BCUT2D eigenvalue weighted by Gasteiger charge is -2.21. The fraction of sp³-hybridized carbons (Fsp3) is 0.533. The lowest BCUT2D eigenvalue weighted by molar-refractivity contribution is -0.192. The maximum Gasteiger partial charge on any atom is 0.254 e. The van der Waals surface area contributed by atoms with Crippen LogP contribution in [0.4, 0.5) is 0 Å². The number of carbonyl (C=O) groups is 1. The van der Waals surface area contributed by atoms with Crippen molar-refractivity contribution < 1.29 is 9.63 Å². The van der Waals surface area contributed by atoms with Crippen LogP contribution in [-0.2, 0) is 9.63 Å². The van der Waals surface area contributed by atoms with Crippen LogP contribution in [0.1, 0.15) is 38.3 Å². The van der Waals surface area contributed by atoms with Crippen LogP contribution in [0.2, 0.25) is 0 Å². The first kappa shape index (κ1) is 12.6. The maximum absolute atomic E-state index is 12.3. The molecule has 3 rings (SSSR count). The quantitative estimate of drug-likeness (QED) is 0.840. The number of hydrogen-bond acceptors (Lipinski definition) is 3. The first-order chi connectivity index (χ1) is 8.92. The lowest BCUT2D eigenvalue weighted by atomic mass is 9.87. The molecule has 0 radical (unpaired) electrons. The Balaban J connectivity index is 1.88. The van der Waals surface area contributed by atoms with Gasteiger partial charge in [0.25, 0.3) is 5.91 Å². The smallest absolute Gasteiger partial charge is 0.254 e. The Morgan fingerprint density at radius 1 is 1.32 bits per heavy atom. The van der Waals surface area contributed by atoms with Gasteiger partial charge >= 0.3 is 0 Å². The van der Waals surface area contributed by atoms with Gasteiger partial charge in [0.05, 0.1) is 6.04 Å². The van der Waals surface area contributed by atoms with Crippen LogP contribution >= 0.6 is 0 Å². The molecule has 0 unspecified atom stereocenters. The van der Waals surface area contributed by atoms with E-state index >= 15 is 0 Å². The van der Waals surface area contributed by atoms with Crippen LogP contribution < -0.4 is 5.32 Å². The molecule has 0 saturated carbocycles. The molecule has 2 atom stereocenters. The molecule has 1 aromatic rings. The number of nitrogens with one attached hydrogen (secondary N) is 1. The summed E-state index contributed by atoms with van der Waals surface area (Å²) in [5.41, 5.74) is 0.307. The maximum atomic E-state index is 12.3. The van der Waals surface area contributed by atoms with Gasteiger partial charge < -0.3 is 5.32 Å². The SMILES string of the molecule is CN1O[C@@]2(C[C@H]1c1ccccc1)CC(C)(C)NC2=O. The van der Waals surface area contributed by atoms with Gasteiger partial charge in [-0.25, -0.2) is 0 Å². The standard InChI is InChI=1S/C15H20N2O2/c1-14(2)10-15(13(18)16-14)9-12(17(3)19-15)11-7-5-4-6-8-11/h4-8,12H,9-10H2,1-3H3,(H,16,18)/t12-,15-/m0/s1. The minimum Gasteiger partial charge on any atom is -0.349 e. The molecule has 0 bridgehead atoms. The summed E-state index contributed by atoms with van der Waals surface area (Å²) < 4.78 is 0. The molecule has 1 amide bonds. The third-order valence-electron chi connectivity index (χ3n) is 4.06. The Labute approximate surface area is 113 Å². The van der Waals surface area contributed by atoms with E-state index < -0.39 is 5.60 Å². The first-order valence-electron chi connectivity index (χ1n) is 6.71. The summed E-state index contributed by atoms with van der Waals surface area (Å²) in [6, 6.07) is 10.4. The topological polar surface area (TPSA) is 41.6 Å². The van der Waals surface area contributed by atoms with Crippen molar-refractivity contribution in [2.75, 3.05) is 7.05 Å². The average Bonchev–Trinajstić information content (AvgIpc) is 2.77. The fourth-order valence-corrected chi connectivity index (χ4v) is 3.32. The van der Waals surface area contributed by atoms with E-state index in [4.69, 9.17) is 4.84 Å². The van der Waals surface area contributed by atoms with Gasteiger partial charge in [-0.2, -0.15) is 5.06 Å². The van der Waals surface area contributed by atoms with Gasteiger partial charge in [-0.1, -0.05) is 30.3 Å². The summed E-state index contributed by atoms with van der Waals surface area (Å²) in [5.74, 6) is 0.0165. The highest BCUT2D eigenvalue weighted by Crippen LogP contribution is 2.46. The minimum absolute atomic E-state index is 0.0165. The molecule has 102 valence electrons. The second-order valence-corrected chi connectivity index (χ2v) is 6.28. The molecule has 4 nitrogen and oxygen atoms in total. The van der Waals surface area contributed by atoms with Crippen molar-refractivity contribution in [1.29, 1.82) is 0 Å². The van der Waals surface area contributed by atoms with Gasteiger partial charge in [-0.3, -0.25) is 9.63 Å². The molecular formula is C15H20N2O2. The molecule has 2 aliphatic rings. The van der Waals surface area contributed by atoms with Gasteiger partial charge in [0.15, 0.2) is 5.60 Å². The molecule has 4 heteroatoms. The van der Waals surface area contributed by atoms with Crippen LogP contribution in [0.5, 0.6) is 0 Å². The molecule has 0 aliphatic carbocycles. The fourth-order valence-electron chi connectivity index (χ4n) is 3.32. The number of amides is 1. The summed E-state index contributed by atoms with van der Waals surface area (Å²) in [7, 11) is 1.91. The monoisotopic (exact) mass is 260 g/mol. The Hall–Kier alpha value is -1.39. The molecular weight excluding hydrogens is 240 g/mol. The van der Waals surface area contributed by atoms with Crippen molar-refractivity contribution >= 4 is 5.91 Å². The number of nitrogens with zero attached hydrogens (tertiary/aromatic N) is 1. The molecule has 1 aromatic carbocycles. The van der Waals surface area contributed by atoms with Crippen molar-refractivity contribution in [2.45, 2.75) is 43.9 Å². The Morgan fingerprint density at radius 3 is 2.58 bits per heavy atom. The molecule has 2 aliphatic heterocycles. The molecule has 2 saturated heterocycles. The third kappa shape index (κ3) is 2.05. The van der Waals surface area contributed by atoms with Gasteiger partial charge in [-0.15, -0.1) is 0 Å². The van der Waals surface area contributed by atoms with E-state index in [0.29, 0.717) is 12.8 Å². The summed E-state index contributed by atoms with van der Waals surface area (Å²) in [5, 5.41) is 4.86. The first-order valence-corrected chi connectivity index (χ1v) is 6.71. The normalized spacial score (nSPS) is 33.8. The Kier molecular flexibility index (Phi) is 2.69. The Bertz CT molecular complexity index is 500. The van der Waals surface area contributed by atoms with Crippen LogP contribution in [0.3, 0.4) is 0 Å². The molecule has 2 fully saturated rings. The van der Waals surface area contributed by atoms with E-state index in [1.165, 1.54) is 5.56 Å². The zero-order valence-corrected chi connectivity index (χ0v) is 11.6. The van der Waals surface area contributed by atoms with Crippen molar-refractivity contribution in [2.24, 2.45) is 0 Å². The Morgan fingerprint density at radius 2 is 2.00 bits per heavy atom. The highest BCUT2D eigenvalue weighted by atomic mass is 16.7. The predicted octanol–water partition coefficient (Wildman–Crippen LogP) is 2.03. The van der Waals surface area contributed by atoms with E-state index in [1.54, 1.807) is 0 Å². The van der Waals surface area contributed by atoms with Gasteiger partial charge in [-0.05, 0) is 19.4 Å². The average molecular weight is 260 g/mol. The molecule has 19 heavy (non-hydrogen) atoms. The van der Waals surface area contributed by atoms with Gasteiger partial charge in [0.2, 0.25) is 0 Å². The predicted molar refractivity (Wildman–Crippen MR) is 72.2 cm³/mol. The highest BCUT2D eigenvalue weighted by Gasteiger charge is 2.57. The van der Waals surface area contributed by atoms with Crippen LogP contribution in [-0.4, -0.2) is 29.2 Å². The molecule has 0 aromatic heterocycles. The van der Waals surface area contributed by atoms with Crippen molar-refractivity contribution in [1.82, 2.24) is 10.4 Å². The minimum atomic E-state index is -0.696. The number of benzene rings is 1. The van der Waals surface area contributed by atoms with Crippen LogP contribution in [0, 0.1) is 0 Å². The largest absolute Gasteiger partial charge is 0.349 e. The number of rotatable bonds is 1. The van der Waals surface area contributed by atoms with E-state index in [1.807, 2.05) is 44.2 Å². The summed E-state index contributed by atoms with van der Waals surface area (Å²) in [6.45, 7) is 4.08. The number of carbonyl (C=O) groups excluding carboxylic acids is 1. The molecule has 1 N–H and O–H groups in total. The second-order valence-electron chi connectivity index (χ2n) is 6.28. The number of hydrogen-bond donors (Lipinski definition) is 1. The van der Waals surface area contributed by atoms with Crippen molar-refractivity contribution in [3.05, 3.63) is 35.9 Å². The van der Waals surface area contributed by atoms with Crippen molar-refractivity contribution in [3.63, 3.8) is 0 Å². The summed E-state index contributed by atoms with van der Waals surface area (Å²) in [4.78, 5) is 18.2. The molecule has 1 spiro atoms. The third-order valence-corrected chi connectivity index (χ3v) is 4.06. The zero-order valence-electron chi connectivity index (χ0n) is 11.6. The second kappa shape index (κ2) is 4.05. The molecule has 2 heterocycles. The van der Waals surface area contributed by atoms with Crippen molar-refractivity contribution in [3.8, 4) is 0 Å². The zero-order chi connectivity index (χ0) is 13.7. The van der Waals surface area contributed by atoms with E-state index in [2.05, 4.69) is 17.4 Å².